The van der Waals surface area contributed by atoms with Gasteiger partial charge in [0.25, 0.3) is 5.69 Å². The van der Waals surface area contributed by atoms with Gasteiger partial charge in [0.2, 0.25) is 0 Å². The molecule has 0 bridgehead atoms. The van der Waals surface area contributed by atoms with Crippen molar-refractivity contribution in [2.75, 3.05) is 0 Å². The molecule has 0 fully saturated rings. The second kappa shape index (κ2) is 6.24. The first kappa shape index (κ1) is 15.5. The van der Waals surface area contributed by atoms with Crippen molar-refractivity contribution in [3.05, 3.63) is 61.1 Å². The molecule has 7 heteroatoms. The van der Waals surface area contributed by atoms with Crippen LogP contribution in [0.1, 0.15) is 11.1 Å². The largest absolute Gasteiger partial charge is 0.506 e. The van der Waals surface area contributed by atoms with Gasteiger partial charge in [0.15, 0.2) is 0 Å². The summed E-state index contributed by atoms with van der Waals surface area (Å²) in [5.74, 6) is -0.109. The molecule has 21 heavy (non-hydrogen) atoms. The highest BCUT2D eigenvalue weighted by Crippen LogP contribution is 2.32. The van der Waals surface area contributed by atoms with Crippen molar-refractivity contribution < 1.29 is 10.0 Å². The van der Waals surface area contributed by atoms with Crippen molar-refractivity contribution in [1.82, 2.24) is 0 Å². The number of nitrogens with zero attached hydrogens (tertiary/aromatic N) is 2. The molecule has 5 nitrogen and oxygen atoms in total. The molecule has 1 N–H and O–H groups in total. The molecule has 0 aliphatic heterocycles. The summed E-state index contributed by atoms with van der Waals surface area (Å²) in [4.78, 5) is 14.4. The number of hydrogen-bond acceptors (Lipinski definition) is 4. The Kier molecular flexibility index (Phi) is 4.59. The lowest BCUT2D eigenvalue weighted by Gasteiger charge is -2.02. The molecule has 0 radical (unpaired) electrons. The quantitative estimate of drug-likeness (QED) is 0.481. The van der Waals surface area contributed by atoms with E-state index in [9.17, 15) is 15.2 Å². The van der Waals surface area contributed by atoms with Gasteiger partial charge in [0.05, 0.1) is 15.1 Å². The van der Waals surface area contributed by atoms with E-state index in [1.165, 1.54) is 18.3 Å². The van der Waals surface area contributed by atoms with Crippen LogP contribution in [0.3, 0.4) is 0 Å². The Morgan fingerprint density at radius 3 is 2.71 bits per heavy atom. The predicted octanol–water partition coefficient (Wildman–Crippen LogP) is 4.78. The minimum absolute atomic E-state index is 0.109. The highest BCUT2D eigenvalue weighted by Gasteiger charge is 2.13. The van der Waals surface area contributed by atoms with Gasteiger partial charge in [0.1, 0.15) is 5.75 Å². The van der Waals surface area contributed by atoms with Crippen LogP contribution in [0.15, 0.2) is 39.8 Å². The van der Waals surface area contributed by atoms with Crippen LogP contribution in [0, 0.1) is 17.0 Å². The Labute approximate surface area is 134 Å². The first-order valence-electron chi connectivity index (χ1n) is 5.85. The van der Waals surface area contributed by atoms with Gasteiger partial charge >= 0.3 is 0 Å². The van der Waals surface area contributed by atoms with Gasteiger partial charge in [-0.2, -0.15) is 0 Å². The van der Waals surface area contributed by atoms with E-state index in [0.717, 1.165) is 5.56 Å². The Morgan fingerprint density at radius 2 is 2.10 bits per heavy atom. The van der Waals surface area contributed by atoms with Crippen LogP contribution < -0.4 is 0 Å². The molecule has 2 aromatic rings. The van der Waals surface area contributed by atoms with E-state index in [4.69, 9.17) is 11.6 Å². The van der Waals surface area contributed by atoms with E-state index in [-0.39, 0.29) is 21.5 Å². The lowest BCUT2D eigenvalue weighted by Crippen LogP contribution is -1.91. The minimum Gasteiger partial charge on any atom is -0.506 e. The lowest BCUT2D eigenvalue weighted by atomic mass is 10.2. The van der Waals surface area contributed by atoms with Crippen LogP contribution in [-0.4, -0.2) is 16.2 Å². The number of non-ortho nitro benzene ring substituents is 1. The predicted molar refractivity (Wildman–Crippen MR) is 85.9 cm³/mol. The van der Waals surface area contributed by atoms with Gasteiger partial charge in [-0.05, 0) is 40.5 Å². The highest BCUT2D eigenvalue weighted by atomic mass is 79.9. The van der Waals surface area contributed by atoms with Gasteiger partial charge in [-0.15, -0.1) is 0 Å². The van der Waals surface area contributed by atoms with E-state index in [1.54, 1.807) is 12.1 Å². The lowest BCUT2D eigenvalue weighted by molar-refractivity contribution is -0.385. The highest BCUT2D eigenvalue weighted by molar-refractivity contribution is 9.10. The molecule has 0 saturated carbocycles. The Hall–Kier alpha value is -1.92. The number of nitro groups is 1. The van der Waals surface area contributed by atoms with Crippen LogP contribution in [0.2, 0.25) is 5.02 Å². The van der Waals surface area contributed by atoms with Crippen LogP contribution in [0.5, 0.6) is 5.75 Å². The van der Waals surface area contributed by atoms with Gasteiger partial charge in [-0.25, -0.2) is 0 Å². The first-order valence-corrected chi connectivity index (χ1v) is 7.02. The summed E-state index contributed by atoms with van der Waals surface area (Å²) >= 11 is 9.07. The van der Waals surface area contributed by atoms with E-state index in [1.807, 2.05) is 13.0 Å². The summed E-state index contributed by atoms with van der Waals surface area (Å²) in [5.41, 5.74) is 1.63. The van der Waals surface area contributed by atoms with E-state index >= 15 is 0 Å². The average Bonchev–Trinajstić information content (AvgIpc) is 2.43. The van der Waals surface area contributed by atoms with Crippen LogP contribution in [-0.2, 0) is 0 Å². The van der Waals surface area contributed by atoms with Gasteiger partial charge in [-0.1, -0.05) is 17.7 Å². The second-order valence-corrected chi connectivity index (χ2v) is 5.58. The number of rotatable bonds is 3. The molecule has 0 heterocycles. The van der Waals surface area contributed by atoms with Crippen LogP contribution in [0.4, 0.5) is 11.4 Å². The maximum atomic E-state index is 10.8. The fraction of sp³-hybridized carbons (Fsp3) is 0.0714. The maximum Gasteiger partial charge on any atom is 0.271 e. The normalized spacial score (nSPS) is 11.0. The molecule has 0 aliphatic carbocycles. The number of halogens is 2. The van der Waals surface area contributed by atoms with Crippen molar-refractivity contribution in [2.45, 2.75) is 6.92 Å². The van der Waals surface area contributed by atoms with Crippen molar-refractivity contribution in [3.63, 3.8) is 0 Å². The number of aromatic hydroxyl groups is 1. The Bertz CT molecular complexity index is 747. The number of nitro benzene ring substituents is 1. The molecule has 108 valence electrons. The Balaban J connectivity index is 2.40. The molecule has 2 aromatic carbocycles. The van der Waals surface area contributed by atoms with Crippen LogP contribution >= 0.6 is 27.5 Å². The second-order valence-electron chi connectivity index (χ2n) is 4.31. The summed E-state index contributed by atoms with van der Waals surface area (Å²) in [6.45, 7) is 1.87. The number of hydrogen-bond donors (Lipinski definition) is 1. The topological polar surface area (TPSA) is 75.7 Å². The summed E-state index contributed by atoms with van der Waals surface area (Å²) in [6.07, 6.45) is 1.36. The monoisotopic (exact) mass is 368 g/mol. The van der Waals surface area contributed by atoms with E-state index < -0.39 is 4.92 Å². The Morgan fingerprint density at radius 1 is 1.38 bits per heavy atom. The summed E-state index contributed by atoms with van der Waals surface area (Å²) in [6, 6.07) is 7.74. The number of aliphatic imine (C=N–C) groups is 1. The first-order chi connectivity index (χ1) is 9.88. The summed E-state index contributed by atoms with van der Waals surface area (Å²) < 4.78 is 0.236. The average molecular weight is 370 g/mol. The molecule has 2 rings (SSSR count). The zero-order valence-corrected chi connectivity index (χ0v) is 13.2. The molecule has 0 saturated heterocycles. The third-order valence-corrected chi connectivity index (χ3v) is 3.81. The van der Waals surface area contributed by atoms with Gasteiger partial charge in [-0.3, -0.25) is 15.1 Å². The smallest absolute Gasteiger partial charge is 0.271 e. The molecule has 0 spiro atoms. The van der Waals surface area contributed by atoms with E-state index in [0.29, 0.717) is 10.7 Å². The number of phenols is 1. The molecule has 0 amide bonds. The fourth-order valence-electron chi connectivity index (χ4n) is 1.62. The summed E-state index contributed by atoms with van der Waals surface area (Å²) in [5, 5.41) is 21.3. The molecular weight excluding hydrogens is 360 g/mol. The zero-order valence-electron chi connectivity index (χ0n) is 10.9. The molecule has 0 aromatic heterocycles. The number of benzene rings is 2. The van der Waals surface area contributed by atoms with Crippen molar-refractivity contribution in [2.24, 2.45) is 4.99 Å². The number of phenolic OH excluding ortho intramolecular Hbond substituents is 1. The maximum absolute atomic E-state index is 10.8. The van der Waals surface area contributed by atoms with Crippen molar-refractivity contribution >= 4 is 45.1 Å². The van der Waals surface area contributed by atoms with Crippen molar-refractivity contribution in [3.8, 4) is 5.75 Å². The molecule has 0 unspecified atom stereocenters. The van der Waals surface area contributed by atoms with E-state index in [2.05, 4.69) is 20.9 Å². The molecule has 0 atom stereocenters. The van der Waals surface area contributed by atoms with Gasteiger partial charge in [0, 0.05) is 28.9 Å². The molecular formula is C14H10BrClN2O3. The standard InChI is InChI=1S/C14H10BrClN2O3/c1-8-2-3-10(5-13(8)16)17-7-9-4-11(18(20)21)6-12(15)14(9)19/h2-7,19H,1H3. The summed E-state index contributed by atoms with van der Waals surface area (Å²) in [7, 11) is 0. The van der Waals surface area contributed by atoms with Gasteiger partial charge < -0.3 is 5.11 Å². The SMILES string of the molecule is Cc1ccc(N=Cc2cc([N+](=O)[O-])cc(Br)c2O)cc1Cl. The zero-order chi connectivity index (χ0) is 15.6. The minimum atomic E-state index is -0.537. The van der Waals surface area contributed by atoms with Crippen LogP contribution in [0.25, 0.3) is 0 Å². The third-order valence-electron chi connectivity index (χ3n) is 2.80. The number of aryl methyl sites for hydroxylation is 1. The fourth-order valence-corrected chi connectivity index (χ4v) is 2.25. The third kappa shape index (κ3) is 3.59. The molecule has 0 aliphatic rings. The van der Waals surface area contributed by atoms with Crippen molar-refractivity contribution in [1.29, 1.82) is 0 Å².